The van der Waals surface area contributed by atoms with Crippen LogP contribution < -0.4 is 0 Å². The van der Waals surface area contributed by atoms with Crippen molar-refractivity contribution >= 4 is 11.6 Å². The molecule has 1 heterocycles. The van der Waals surface area contributed by atoms with Crippen LogP contribution >= 0.6 is 11.6 Å². The number of hydrogen-bond acceptors (Lipinski definition) is 1. The Labute approximate surface area is 76.3 Å². The van der Waals surface area contributed by atoms with Crippen LogP contribution in [0.4, 0.5) is 17.6 Å². The van der Waals surface area contributed by atoms with Crippen LogP contribution in [0, 0.1) is 11.8 Å². The smallest absolute Gasteiger partial charge is 0.227 e. The molecule has 0 bridgehead atoms. The number of nitrogens with zero attached hydrogens (tertiary/aromatic N) is 1. The molecule has 6 heteroatoms. The number of rotatable bonds is 2. The minimum absolute atomic E-state index is 0.238. The van der Waals surface area contributed by atoms with Gasteiger partial charge in [0.2, 0.25) is 5.95 Å². The maximum atomic E-state index is 12.9. The van der Waals surface area contributed by atoms with Gasteiger partial charge in [0.15, 0.2) is 0 Å². The third-order valence-electron chi connectivity index (χ3n) is 1.44. The fourth-order valence-corrected chi connectivity index (χ4v) is 0.990. The summed E-state index contributed by atoms with van der Waals surface area (Å²) >= 11 is 5.21. The Hall–Kier alpha value is -0.840. The van der Waals surface area contributed by atoms with Crippen LogP contribution in [0.5, 0.6) is 0 Å². The molecule has 0 aliphatic rings. The van der Waals surface area contributed by atoms with Crippen molar-refractivity contribution in [1.82, 2.24) is 4.98 Å². The molecule has 0 saturated carbocycles. The van der Waals surface area contributed by atoms with Gasteiger partial charge in [0.25, 0.3) is 6.43 Å². The monoisotopic (exact) mass is 213 g/mol. The number of aromatic nitrogens is 1. The Morgan fingerprint density at radius 1 is 1.38 bits per heavy atom. The first-order chi connectivity index (χ1) is 6.07. The summed E-state index contributed by atoms with van der Waals surface area (Å²) in [5, 5.41) is 0. The lowest BCUT2D eigenvalue weighted by atomic mass is 10.2. The summed E-state index contributed by atoms with van der Waals surface area (Å²) in [5.41, 5.74) is -1.56. The lowest BCUT2D eigenvalue weighted by molar-refractivity contribution is 0.139. The van der Waals surface area contributed by atoms with Crippen LogP contribution in [0.1, 0.15) is 17.6 Å². The molecule has 0 saturated heterocycles. The molecule has 0 aliphatic heterocycles. The second-order valence-electron chi connectivity index (χ2n) is 2.24. The molecule has 0 amide bonds. The molecular weight excluding hydrogens is 210 g/mol. The highest BCUT2D eigenvalue weighted by Crippen LogP contribution is 2.26. The molecular formula is C7H4ClF4N. The van der Waals surface area contributed by atoms with Gasteiger partial charge in [0.1, 0.15) is 11.4 Å². The van der Waals surface area contributed by atoms with Crippen LogP contribution in [0.3, 0.4) is 0 Å². The fourth-order valence-electron chi connectivity index (χ4n) is 0.803. The van der Waals surface area contributed by atoms with Gasteiger partial charge in [-0.2, -0.15) is 4.39 Å². The van der Waals surface area contributed by atoms with Gasteiger partial charge in [-0.15, -0.1) is 11.6 Å². The van der Waals surface area contributed by atoms with E-state index < -0.39 is 23.8 Å². The Kier molecular flexibility index (Phi) is 3.08. The lowest BCUT2D eigenvalue weighted by Gasteiger charge is -2.05. The van der Waals surface area contributed by atoms with Gasteiger partial charge >= 0.3 is 0 Å². The van der Waals surface area contributed by atoms with Gasteiger partial charge in [-0.1, -0.05) is 0 Å². The zero-order chi connectivity index (χ0) is 10.0. The lowest BCUT2D eigenvalue weighted by Crippen LogP contribution is -2.02. The summed E-state index contributed by atoms with van der Waals surface area (Å²) in [6, 6.07) is 0. The van der Waals surface area contributed by atoms with Crippen molar-refractivity contribution < 1.29 is 17.6 Å². The molecule has 0 aliphatic carbocycles. The molecule has 1 rings (SSSR count). The van der Waals surface area contributed by atoms with E-state index >= 15 is 0 Å². The maximum absolute atomic E-state index is 12.9. The Balaban J connectivity index is 3.30. The highest BCUT2D eigenvalue weighted by Gasteiger charge is 2.22. The van der Waals surface area contributed by atoms with Gasteiger partial charge in [-0.3, -0.25) is 0 Å². The Morgan fingerprint density at radius 3 is 2.46 bits per heavy atom. The number of halogens is 5. The maximum Gasteiger partial charge on any atom is 0.271 e. The molecule has 1 aromatic rings. The predicted molar refractivity (Wildman–Crippen MR) is 38.7 cm³/mol. The summed E-state index contributed by atoms with van der Waals surface area (Å²) in [6.07, 6.45) is -2.43. The van der Waals surface area contributed by atoms with Crippen LogP contribution in [-0.4, -0.2) is 4.98 Å². The first kappa shape index (κ1) is 10.2. The third-order valence-corrected chi connectivity index (χ3v) is 1.72. The van der Waals surface area contributed by atoms with E-state index in [4.69, 9.17) is 11.6 Å². The SMILES string of the molecule is Fc1ncc(CCl)c(F)c1C(F)F. The molecule has 0 radical (unpaired) electrons. The molecule has 0 fully saturated rings. The van der Waals surface area contributed by atoms with Crippen molar-refractivity contribution in [3.8, 4) is 0 Å². The number of pyridine rings is 1. The summed E-state index contributed by atoms with van der Waals surface area (Å²) in [4.78, 5) is 2.96. The minimum atomic E-state index is -3.23. The molecule has 13 heavy (non-hydrogen) atoms. The van der Waals surface area contributed by atoms with Gasteiger partial charge in [0, 0.05) is 11.8 Å². The van der Waals surface area contributed by atoms with Crippen molar-refractivity contribution in [2.24, 2.45) is 0 Å². The highest BCUT2D eigenvalue weighted by atomic mass is 35.5. The predicted octanol–water partition coefficient (Wildman–Crippen LogP) is 3.04. The van der Waals surface area contributed by atoms with E-state index in [0.717, 1.165) is 6.20 Å². The summed E-state index contributed by atoms with van der Waals surface area (Å²) < 4.78 is 49.6. The Morgan fingerprint density at radius 2 is 2.00 bits per heavy atom. The molecule has 0 spiro atoms. The second kappa shape index (κ2) is 3.91. The molecule has 1 nitrogen and oxygen atoms in total. The van der Waals surface area contributed by atoms with Gasteiger partial charge in [-0.05, 0) is 0 Å². The molecule has 0 unspecified atom stereocenters. The molecule has 0 atom stereocenters. The average Bonchev–Trinajstić information content (AvgIpc) is 2.04. The molecule has 72 valence electrons. The second-order valence-corrected chi connectivity index (χ2v) is 2.50. The first-order valence-electron chi connectivity index (χ1n) is 3.24. The van der Waals surface area contributed by atoms with Crippen LogP contribution in [0.25, 0.3) is 0 Å². The van der Waals surface area contributed by atoms with E-state index in [0.29, 0.717) is 0 Å². The van der Waals surface area contributed by atoms with Crippen LogP contribution in [0.2, 0.25) is 0 Å². The van der Waals surface area contributed by atoms with Crippen molar-refractivity contribution in [2.75, 3.05) is 0 Å². The van der Waals surface area contributed by atoms with E-state index in [-0.39, 0.29) is 11.4 Å². The van der Waals surface area contributed by atoms with E-state index in [1.165, 1.54) is 0 Å². The van der Waals surface area contributed by atoms with E-state index in [1.54, 1.807) is 0 Å². The highest BCUT2D eigenvalue weighted by molar-refractivity contribution is 6.17. The average molecular weight is 214 g/mol. The fraction of sp³-hybridized carbons (Fsp3) is 0.286. The normalized spacial score (nSPS) is 10.9. The summed E-state index contributed by atoms with van der Waals surface area (Å²) in [6.45, 7) is 0. The largest absolute Gasteiger partial charge is 0.271 e. The number of hydrogen-bond donors (Lipinski definition) is 0. The molecule has 0 N–H and O–H groups in total. The summed E-state index contributed by atoms with van der Waals surface area (Å²) in [7, 11) is 0. The first-order valence-corrected chi connectivity index (χ1v) is 3.78. The Bertz CT molecular complexity index is 316. The molecule has 1 aromatic heterocycles. The van der Waals surface area contributed by atoms with E-state index in [9.17, 15) is 17.6 Å². The van der Waals surface area contributed by atoms with Crippen molar-refractivity contribution in [3.05, 3.63) is 29.1 Å². The number of alkyl halides is 3. The zero-order valence-electron chi connectivity index (χ0n) is 6.20. The topological polar surface area (TPSA) is 12.9 Å². The third kappa shape index (κ3) is 1.91. The van der Waals surface area contributed by atoms with Crippen molar-refractivity contribution in [3.63, 3.8) is 0 Å². The standard InChI is InChI=1S/C7H4ClF4N/c8-1-3-2-13-7(12)4(5(3)9)6(10)11/h2,6H,1H2. The van der Waals surface area contributed by atoms with Gasteiger partial charge in [0.05, 0.1) is 5.88 Å². The van der Waals surface area contributed by atoms with E-state index in [2.05, 4.69) is 4.98 Å². The van der Waals surface area contributed by atoms with Gasteiger partial charge < -0.3 is 0 Å². The van der Waals surface area contributed by atoms with Crippen LogP contribution in [0.15, 0.2) is 6.20 Å². The van der Waals surface area contributed by atoms with E-state index in [1.807, 2.05) is 0 Å². The zero-order valence-corrected chi connectivity index (χ0v) is 6.95. The minimum Gasteiger partial charge on any atom is -0.227 e. The summed E-state index contributed by atoms with van der Waals surface area (Å²) in [5.74, 6) is -3.14. The van der Waals surface area contributed by atoms with Crippen molar-refractivity contribution in [2.45, 2.75) is 12.3 Å². The molecule has 0 aromatic carbocycles. The van der Waals surface area contributed by atoms with Crippen molar-refractivity contribution in [1.29, 1.82) is 0 Å². The van der Waals surface area contributed by atoms with Gasteiger partial charge in [-0.25, -0.2) is 18.2 Å². The van der Waals surface area contributed by atoms with Crippen LogP contribution in [-0.2, 0) is 5.88 Å². The quantitative estimate of drug-likeness (QED) is 0.418.